The van der Waals surface area contributed by atoms with E-state index in [4.69, 9.17) is 0 Å². The number of carbonyl (C=O) groups excluding carboxylic acids is 1. The zero-order chi connectivity index (χ0) is 19.9. The van der Waals surface area contributed by atoms with Gasteiger partial charge in [0, 0.05) is 12.1 Å². The average molecular weight is 374 g/mol. The Kier molecular flexibility index (Phi) is 12.9. The molecule has 0 atom stereocenters. The Balaban J connectivity index is 1.99. The summed E-state index contributed by atoms with van der Waals surface area (Å²) in [6.45, 7) is 8.51. The lowest BCUT2D eigenvalue weighted by atomic mass is 10.0. The van der Waals surface area contributed by atoms with Crippen molar-refractivity contribution in [1.29, 1.82) is 0 Å². The van der Waals surface area contributed by atoms with Gasteiger partial charge in [0.2, 0.25) is 5.91 Å². The van der Waals surface area contributed by atoms with Crippen molar-refractivity contribution in [3.8, 4) is 0 Å². The van der Waals surface area contributed by atoms with E-state index in [1.807, 2.05) is 0 Å². The number of hydrogen-bond donors (Lipinski definition) is 1. The number of anilines is 1. The van der Waals surface area contributed by atoms with Crippen LogP contribution in [0.3, 0.4) is 0 Å². The van der Waals surface area contributed by atoms with Crippen LogP contribution >= 0.6 is 0 Å². The molecule has 0 fully saturated rings. The lowest BCUT2D eigenvalue weighted by molar-refractivity contribution is -0.116. The molecule has 1 aromatic rings. The number of nitrogens with one attached hydrogen (secondary N) is 1. The van der Waals surface area contributed by atoms with Gasteiger partial charge in [0.05, 0.1) is 0 Å². The van der Waals surface area contributed by atoms with Gasteiger partial charge in [0.15, 0.2) is 0 Å². The molecule has 0 spiro atoms. The summed E-state index contributed by atoms with van der Waals surface area (Å²) in [6.07, 6.45) is 18.0. The Bertz CT molecular complexity index is 512. The van der Waals surface area contributed by atoms with E-state index in [-0.39, 0.29) is 5.91 Å². The highest BCUT2D eigenvalue weighted by atomic mass is 16.1. The molecule has 0 aliphatic heterocycles. The van der Waals surface area contributed by atoms with Crippen LogP contribution in [0.15, 0.2) is 12.1 Å². The molecule has 0 saturated carbocycles. The Labute approximate surface area is 168 Å². The Morgan fingerprint density at radius 3 is 1.56 bits per heavy atom. The van der Waals surface area contributed by atoms with Crippen LogP contribution in [0.1, 0.15) is 114 Å². The third kappa shape index (κ3) is 11.2. The van der Waals surface area contributed by atoms with Gasteiger partial charge in [0.25, 0.3) is 0 Å². The van der Waals surface area contributed by atoms with Gasteiger partial charge in [-0.2, -0.15) is 0 Å². The maximum Gasteiger partial charge on any atom is 0.224 e. The highest BCUT2D eigenvalue weighted by molar-refractivity contribution is 5.92. The molecule has 27 heavy (non-hydrogen) atoms. The fourth-order valence-corrected chi connectivity index (χ4v) is 3.88. The summed E-state index contributed by atoms with van der Waals surface area (Å²) >= 11 is 0. The van der Waals surface area contributed by atoms with Crippen molar-refractivity contribution in [2.45, 2.75) is 118 Å². The lowest BCUT2D eigenvalue weighted by Crippen LogP contribution is -2.13. The molecule has 0 aliphatic carbocycles. The van der Waals surface area contributed by atoms with E-state index in [2.05, 4.69) is 45.1 Å². The minimum atomic E-state index is 0.160. The van der Waals surface area contributed by atoms with Gasteiger partial charge >= 0.3 is 0 Å². The summed E-state index contributed by atoms with van der Waals surface area (Å²) in [5.74, 6) is 0.160. The van der Waals surface area contributed by atoms with E-state index in [1.54, 1.807) is 0 Å². The summed E-state index contributed by atoms with van der Waals surface area (Å²) in [6, 6.07) is 4.27. The highest BCUT2D eigenvalue weighted by Crippen LogP contribution is 2.22. The lowest BCUT2D eigenvalue weighted by Gasteiger charge is -2.12. The third-order valence-electron chi connectivity index (χ3n) is 5.45. The summed E-state index contributed by atoms with van der Waals surface area (Å²) in [7, 11) is 0. The number of hydrogen-bond acceptors (Lipinski definition) is 1. The second-order valence-electron chi connectivity index (χ2n) is 8.31. The molecule has 1 rings (SSSR count). The summed E-state index contributed by atoms with van der Waals surface area (Å²) in [5, 5.41) is 3.11. The van der Waals surface area contributed by atoms with Crippen LogP contribution in [0.2, 0.25) is 0 Å². The SMILES string of the molecule is CCCCCCCCCCCCCCCC(=O)Nc1c(C)cc(C)cc1C. The predicted octanol–water partition coefficient (Wildman–Crippen LogP) is 8.03. The molecule has 0 radical (unpaired) electrons. The van der Waals surface area contributed by atoms with E-state index in [1.165, 1.54) is 82.6 Å². The standard InChI is InChI=1S/C25H43NO/c1-5-6-7-8-9-10-11-12-13-14-15-16-17-18-24(27)26-25-22(3)19-21(2)20-23(25)4/h19-20H,5-18H2,1-4H3,(H,26,27). The van der Waals surface area contributed by atoms with E-state index < -0.39 is 0 Å². The number of benzene rings is 1. The van der Waals surface area contributed by atoms with Gasteiger partial charge in [-0.05, 0) is 38.3 Å². The van der Waals surface area contributed by atoms with Gasteiger partial charge in [-0.25, -0.2) is 0 Å². The van der Waals surface area contributed by atoms with Crippen LogP contribution in [-0.4, -0.2) is 5.91 Å². The van der Waals surface area contributed by atoms with Gasteiger partial charge in [-0.3, -0.25) is 4.79 Å². The molecular weight excluding hydrogens is 330 g/mol. The normalized spacial score (nSPS) is 11.0. The van der Waals surface area contributed by atoms with Crippen molar-refractivity contribution in [2.24, 2.45) is 0 Å². The molecule has 154 valence electrons. The van der Waals surface area contributed by atoms with E-state index in [0.717, 1.165) is 23.2 Å². The van der Waals surface area contributed by atoms with Crippen molar-refractivity contribution >= 4 is 11.6 Å². The molecule has 0 aliphatic rings. The van der Waals surface area contributed by atoms with Crippen LogP contribution in [-0.2, 0) is 4.79 Å². The first kappa shape index (κ1) is 23.7. The van der Waals surface area contributed by atoms with Crippen LogP contribution in [0.25, 0.3) is 0 Å². The third-order valence-corrected chi connectivity index (χ3v) is 5.45. The first-order chi connectivity index (χ1) is 13.0. The number of aryl methyl sites for hydroxylation is 3. The molecule has 0 unspecified atom stereocenters. The van der Waals surface area contributed by atoms with Crippen molar-refractivity contribution in [3.05, 3.63) is 28.8 Å². The zero-order valence-corrected chi connectivity index (χ0v) is 18.5. The highest BCUT2D eigenvalue weighted by Gasteiger charge is 2.08. The number of rotatable bonds is 15. The topological polar surface area (TPSA) is 29.1 Å². The average Bonchev–Trinajstić information content (AvgIpc) is 2.62. The molecule has 1 aromatic carbocycles. The van der Waals surface area contributed by atoms with Crippen molar-refractivity contribution < 1.29 is 4.79 Å². The number of unbranched alkanes of at least 4 members (excludes halogenated alkanes) is 12. The first-order valence-corrected chi connectivity index (χ1v) is 11.4. The van der Waals surface area contributed by atoms with Gasteiger partial charge in [-0.1, -0.05) is 102 Å². The van der Waals surface area contributed by atoms with E-state index in [9.17, 15) is 4.79 Å². The second kappa shape index (κ2) is 14.7. The fraction of sp³-hybridized carbons (Fsp3) is 0.720. The Morgan fingerprint density at radius 1 is 0.704 bits per heavy atom. The van der Waals surface area contributed by atoms with Crippen LogP contribution < -0.4 is 5.32 Å². The molecule has 1 amide bonds. The maximum atomic E-state index is 12.2. The number of amides is 1. The fourth-order valence-electron chi connectivity index (χ4n) is 3.88. The molecular formula is C25H43NO. The molecule has 2 heteroatoms. The smallest absolute Gasteiger partial charge is 0.224 e. The van der Waals surface area contributed by atoms with Crippen molar-refractivity contribution in [2.75, 3.05) is 5.32 Å². The molecule has 2 nitrogen and oxygen atoms in total. The van der Waals surface area contributed by atoms with Crippen LogP contribution in [0.4, 0.5) is 5.69 Å². The van der Waals surface area contributed by atoms with E-state index >= 15 is 0 Å². The second-order valence-corrected chi connectivity index (χ2v) is 8.31. The molecule has 0 heterocycles. The Morgan fingerprint density at radius 2 is 1.11 bits per heavy atom. The van der Waals surface area contributed by atoms with Crippen molar-refractivity contribution in [1.82, 2.24) is 0 Å². The maximum absolute atomic E-state index is 12.2. The molecule has 0 bridgehead atoms. The zero-order valence-electron chi connectivity index (χ0n) is 18.5. The van der Waals surface area contributed by atoms with Gasteiger partial charge in [-0.15, -0.1) is 0 Å². The molecule has 0 saturated heterocycles. The number of carbonyl (C=O) groups is 1. The predicted molar refractivity (Wildman–Crippen MR) is 120 cm³/mol. The Hall–Kier alpha value is -1.31. The van der Waals surface area contributed by atoms with Crippen LogP contribution in [0, 0.1) is 20.8 Å². The van der Waals surface area contributed by atoms with Crippen molar-refractivity contribution in [3.63, 3.8) is 0 Å². The quantitative estimate of drug-likeness (QED) is 0.310. The summed E-state index contributed by atoms with van der Waals surface area (Å²) in [4.78, 5) is 12.2. The molecule has 1 N–H and O–H groups in total. The first-order valence-electron chi connectivity index (χ1n) is 11.4. The summed E-state index contributed by atoms with van der Waals surface area (Å²) < 4.78 is 0. The van der Waals surface area contributed by atoms with Crippen LogP contribution in [0.5, 0.6) is 0 Å². The summed E-state index contributed by atoms with van der Waals surface area (Å²) in [5.41, 5.74) is 4.57. The largest absolute Gasteiger partial charge is 0.326 e. The van der Waals surface area contributed by atoms with Gasteiger partial charge in [0.1, 0.15) is 0 Å². The van der Waals surface area contributed by atoms with Gasteiger partial charge < -0.3 is 5.32 Å². The van der Waals surface area contributed by atoms with E-state index in [0.29, 0.717) is 6.42 Å². The molecule has 0 aromatic heterocycles. The minimum absolute atomic E-state index is 0.160. The monoisotopic (exact) mass is 373 g/mol. The minimum Gasteiger partial charge on any atom is -0.326 e.